The molecule has 3 heterocycles. The summed E-state index contributed by atoms with van der Waals surface area (Å²) in [6, 6.07) is 4.24. The Kier molecular flexibility index (Phi) is 3.36. The molecule has 20 heavy (non-hydrogen) atoms. The van der Waals surface area contributed by atoms with Gasteiger partial charge in [-0.15, -0.1) is 0 Å². The molecular weight excluding hydrogens is 254 g/mol. The highest BCUT2D eigenvalue weighted by molar-refractivity contribution is 5.58. The van der Waals surface area contributed by atoms with E-state index in [0.717, 1.165) is 43.0 Å². The lowest BCUT2D eigenvalue weighted by atomic mass is 10.0. The van der Waals surface area contributed by atoms with Crippen molar-refractivity contribution in [2.24, 2.45) is 0 Å². The maximum atomic E-state index is 9.36. The lowest BCUT2D eigenvalue weighted by molar-refractivity contribution is -0.169. The van der Waals surface area contributed by atoms with Crippen LogP contribution < -0.4 is 4.90 Å². The second-order valence-electron chi connectivity index (χ2n) is 5.49. The third-order valence-corrected chi connectivity index (χ3v) is 4.08. The fraction of sp³-hybridized carbons (Fsp3) is 0.600. The van der Waals surface area contributed by atoms with Crippen LogP contribution in [0.15, 0.2) is 6.07 Å². The molecule has 1 spiro atoms. The van der Waals surface area contributed by atoms with Gasteiger partial charge in [0.2, 0.25) is 0 Å². The standard InChI is InChI=1S/C15H19N3O2/c1-11-9-12(2)17-14(13(11)10-16)18-5-3-15(4-6-18)19-7-8-20-15/h9H,3-8H2,1-2H3. The zero-order valence-corrected chi connectivity index (χ0v) is 12.0. The highest BCUT2D eigenvalue weighted by Gasteiger charge is 2.40. The van der Waals surface area contributed by atoms with Gasteiger partial charge < -0.3 is 14.4 Å². The average molecular weight is 273 g/mol. The van der Waals surface area contributed by atoms with E-state index in [1.807, 2.05) is 19.9 Å². The molecule has 0 amide bonds. The van der Waals surface area contributed by atoms with Gasteiger partial charge in [0.25, 0.3) is 0 Å². The second-order valence-corrected chi connectivity index (χ2v) is 5.49. The topological polar surface area (TPSA) is 58.4 Å². The Hall–Kier alpha value is -1.64. The van der Waals surface area contributed by atoms with Crippen LogP contribution in [0.4, 0.5) is 5.82 Å². The van der Waals surface area contributed by atoms with Crippen LogP contribution in [0.2, 0.25) is 0 Å². The number of piperidine rings is 1. The predicted octanol–water partition coefficient (Wildman–Crippen LogP) is 1.91. The number of pyridine rings is 1. The summed E-state index contributed by atoms with van der Waals surface area (Å²) < 4.78 is 11.5. The maximum Gasteiger partial charge on any atom is 0.171 e. The van der Waals surface area contributed by atoms with Crippen molar-refractivity contribution in [3.8, 4) is 6.07 Å². The Morgan fingerprint density at radius 2 is 1.90 bits per heavy atom. The van der Waals surface area contributed by atoms with Crippen molar-refractivity contribution in [3.63, 3.8) is 0 Å². The SMILES string of the molecule is Cc1cc(C)c(C#N)c(N2CCC3(CC2)OCCO3)n1. The van der Waals surface area contributed by atoms with Gasteiger partial charge in [-0.2, -0.15) is 5.26 Å². The number of nitrogens with zero attached hydrogens (tertiary/aromatic N) is 3. The summed E-state index contributed by atoms with van der Waals surface area (Å²) in [7, 11) is 0. The molecule has 0 atom stereocenters. The van der Waals surface area contributed by atoms with Gasteiger partial charge in [0.05, 0.1) is 18.8 Å². The van der Waals surface area contributed by atoms with Crippen LogP contribution >= 0.6 is 0 Å². The second kappa shape index (κ2) is 5.04. The summed E-state index contributed by atoms with van der Waals surface area (Å²) in [6.45, 7) is 6.92. The summed E-state index contributed by atoms with van der Waals surface area (Å²) in [5.74, 6) is 0.417. The van der Waals surface area contributed by atoms with Gasteiger partial charge in [-0.25, -0.2) is 4.98 Å². The molecule has 0 bridgehead atoms. The molecule has 0 N–H and O–H groups in total. The molecular formula is C15H19N3O2. The number of anilines is 1. The molecule has 2 aliphatic heterocycles. The highest BCUT2D eigenvalue weighted by Crippen LogP contribution is 2.34. The van der Waals surface area contributed by atoms with Crippen LogP contribution in [-0.2, 0) is 9.47 Å². The van der Waals surface area contributed by atoms with Gasteiger partial charge in [-0.3, -0.25) is 0 Å². The summed E-state index contributed by atoms with van der Waals surface area (Å²) in [5.41, 5.74) is 2.62. The van der Waals surface area contributed by atoms with E-state index in [2.05, 4.69) is 16.0 Å². The minimum Gasteiger partial charge on any atom is -0.355 e. The number of hydrogen-bond acceptors (Lipinski definition) is 5. The van der Waals surface area contributed by atoms with E-state index in [4.69, 9.17) is 9.47 Å². The first-order valence-electron chi connectivity index (χ1n) is 7.05. The van der Waals surface area contributed by atoms with Crippen molar-refractivity contribution < 1.29 is 9.47 Å². The van der Waals surface area contributed by atoms with Crippen LogP contribution in [0.3, 0.4) is 0 Å². The van der Waals surface area contributed by atoms with Crippen molar-refractivity contribution in [1.29, 1.82) is 5.26 Å². The van der Waals surface area contributed by atoms with Crippen LogP contribution in [0, 0.1) is 25.2 Å². The molecule has 0 saturated carbocycles. The van der Waals surface area contributed by atoms with Crippen molar-refractivity contribution in [2.75, 3.05) is 31.2 Å². The van der Waals surface area contributed by atoms with Gasteiger partial charge in [-0.05, 0) is 25.5 Å². The van der Waals surface area contributed by atoms with E-state index in [0.29, 0.717) is 18.8 Å². The number of hydrogen-bond donors (Lipinski definition) is 0. The van der Waals surface area contributed by atoms with E-state index in [1.165, 1.54) is 0 Å². The molecule has 0 aromatic carbocycles. The third-order valence-electron chi connectivity index (χ3n) is 4.08. The first-order valence-corrected chi connectivity index (χ1v) is 7.05. The van der Waals surface area contributed by atoms with Crippen molar-refractivity contribution in [2.45, 2.75) is 32.5 Å². The molecule has 1 aromatic rings. The predicted molar refractivity (Wildman–Crippen MR) is 74.5 cm³/mol. The molecule has 2 saturated heterocycles. The van der Waals surface area contributed by atoms with Gasteiger partial charge >= 0.3 is 0 Å². The summed E-state index contributed by atoms with van der Waals surface area (Å²) in [5, 5.41) is 9.36. The fourth-order valence-electron chi connectivity index (χ4n) is 3.03. The van der Waals surface area contributed by atoms with Crippen molar-refractivity contribution in [1.82, 2.24) is 4.98 Å². The quantitative estimate of drug-likeness (QED) is 0.782. The van der Waals surface area contributed by atoms with E-state index < -0.39 is 0 Å². The summed E-state index contributed by atoms with van der Waals surface area (Å²) in [4.78, 5) is 6.74. The first kappa shape index (κ1) is 13.3. The molecule has 2 aliphatic rings. The number of nitriles is 1. The normalized spacial score (nSPS) is 21.1. The average Bonchev–Trinajstić information content (AvgIpc) is 2.87. The molecule has 2 fully saturated rings. The molecule has 0 radical (unpaired) electrons. The fourth-order valence-corrected chi connectivity index (χ4v) is 3.03. The minimum absolute atomic E-state index is 0.387. The number of ether oxygens (including phenoxy) is 2. The van der Waals surface area contributed by atoms with Gasteiger partial charge in [0.15, 0.2) is 5.79 Å². The lowest BCUT2D eigenvalue weighted by Gasteiger charge is -2.38. The molecule has 5 nitrogen and oxygen atoms in total. The smallest absolute Gasteiger partial charge is 0.171 e. The molecule has 3 rings (SSSR count). The van der Waals surface area contributed by atoms with Gasteiger partial charge in [0, 0.05) is 31.6 Å². The number of aromatic nitrogens is 1. The Labute approximate surface area is 119 Å². The highest BCUT2D eigenvalue weighted by atomic mass is 16.7. The Morgan fingerprint density at radius 1 is 1.25 bits per heavy atom. The van der Waals surface area contributed by atoms with Crippen molar-refractivity contribution in [3.05, 3.63) is 22.9 Å². The molecule has 0 unspecified atom stereocenters. The van der Waals surface area contributed by atoms with E-state index in [9.17, 15) is 5.26 Å². The van der Waals surface area contributed by atoms with Crippen LogP contribution in [-0.4, -0.2) is 37.1 Å². The zero-order valence-electron chi connectivity index (χ0n) is 12.0. The first-order chi connectivity index (χ1) is 9.63. The zero-order chi connectivity index (χ0) is 14.2. The molecule has 106 valence electrons. The lowest BCUT2D eigenvalue weighted by Crippen LogP contribution is -2.45. The summed E-state index contributed by atoms with van der Waals surface area (Å²) in [6.07, 6.45) is 1.65. The van der Waals surface area contributed by atoms with Gasteiger partial charge in [-0.1, -0.05) is 0 Å². The maximum absolute atomic E-state index is 9.36. The van der Waals surface area contributed by atoms with E-state index >= 15 is 0 Å². The van der Waals surface area contributed by atoms with E-state index in [1.54, 1.807) is 0 Å². The van der Waals surface area contributed by atoms with Crippen LogP contribution in [0.25, 0.3) is 0 Å². The Morgan fingerprint density at radius 3 is 2.50 bits per heavy atom. The Bertz CT molecular complexity index is 549. The minimum atomic E-state index is -0.387. The number of aryl methyl sites for hydroxylation is 2. The van der Waals surface area contributed by atoms with E-state index in [-0.39, 0.29) is 5.79 Å². The Balaban J connectivity index is 1.83. The van der Waals surface area contributed by atoms with Crippen LogP contribution in [0.1, 0.15) is 29.7 Å². The van der Waals surface area contributed by atoms with Crippen molar-refractivity contribution >= 4 is 5.82 Å². The number of rotatable bonds is 1. The van der Waals surface area contributed by atoms with Gasteiger partial charge in [0.1, 0.15) is 11.9 Å². The molecule has 0 aliphatic carbocycles. The van der Waals surface area contributed by atoms with Crippen LogP contribution in [0.5, 0.6) is 0 Å². The molecule has 1 aromatic heterocycles. The monoisotopic (exact) mass is 273 g/mol. The summed E-state index contributed by atoms with van der Waals surface area (Å²) >= 11 is 0. The largest absolute Gasteiger partial charge is 0.355 e. The third kappa shape index (κ3) is 2.26. The molecule has 5 heteroatoms.